The van der Waals surface area contributed by atoms with Gasteiger partial charge in [0, 0.05) is 22.8 Å². The average Bonchev–Trinajstić information content (AvgIpc) is 2.82. The molecule has 1 N–H and O–H groups in total. The largest absolute Gasteiger partial charge is 0.322 e. The summed E-state index contributed by atoms with van der Waals surface area (Å²) in [6.45, 7) is 2.72. The minimum absolute atomic E-state index is 0.153. The molecule has 1 atom stereocenters. The second-order valence-corrected chi connectivity index (χ2v) is 6.79. The summed E-state index contributed by atoms with van der Waals surface area (Å²) in [6, 6.07) is 10.8. The summed E-state index contributed by atoms with van der Waals surface area (Å²) in [6.07, 6.45) is 1.89. The van der Waals surface area contributed by atoms with Crippen LogP contribution in [0.5, 0.6) is 0 Å². The van der Waals surface area contributed by atoms with Gasteiger partial charge in [-0.05, 0) is 61.2 Å². The van der Waals surface area contributed by atoms with Crippen molar-refractivity contribution in [1.82, 2.24) is 0 Å². The summed E-state index contributed by atoms with van der Waals surface area (Å²) >= 11 is 5.95. The van der Waals surface area contributed by atoms with Crippen LogP contribution in [0.1, 0.15) is 40.7 Å². The molecule has 122 valence electrons. The number of anilines is 2. The van der Waals surface area contributed by atoms with E-state index in [0.717, 1.165) is 41.9 Å². The number of nitrogens with zero attached hydrogens (tertiary/aromatic N) is 1. The highest BCUT2D eigenvalue weighted by atomic mass is 35.5. The van der Waals surface area contributed by atoms with E-state index in [4.69, 9.17) is 11.6 Å². The highest BCUT2D eigenvalue weighted by Gasteiger charge is 2.37. The van der Waals surface area contributed by atoms with Gasteiger partial charge in [-0.2, -0.15) is 0 Å². The number of hydrogen-bond donors (Lipinski definition) is 1. The number of amides is 2. The van der Waals surface area contributed by atoms with E-state index in [0.29, 0.717) is 10.6 Å². The van der Waals surface area contributed by atoms with Crippen molar-refractivity contribution in [3.05, 3.63) is 58.1 Å². The van der Waals surface area contributed by atoms with Crippen LogP contribution in [0, 0.1) is 0 Å². The Balaban J connectivity index is 1.69. The minimum atomic E-state index is -0.200. The third-order valence-corrected chi connectivity index (χ3v) is 5.00. The maximum absolute atomic E-state index is 12.4. The van der Waals surface area contributed by atoms with E-state index < -0.39 is 0 Å². The molecule has 0 spiro atoms. The molecule has 0 radical (unpaired) electrons. The number of carbonyl (C=O) groups is 2. The smallest absolute Gasteiger partial charge is 0.255 e. The molecule has 0 unspecified atom stereocenters. The quantitative estimate of drug-likeness (QED) is 0.898. The summed E-state index contributed by atoms with van der Waals surface area (Å²) in [5.74, 6) is -0.196. The SMILES string of the molecule is C[C@@H]1C(=O)N2CCCc3cc(NC(=O)c4cccc(Cl)c4)cc1c32. The predicted octanol–water partition coefficient (Wildman–Crippen LogP) is 3.99. The van der Waals surface area contributed by atoms with Gasteiger partial charge in [-0.15, -0.1) is 0 Å². The molecule has 2 aromatic carbocycles. The molecule has 24 heavy (non-hydrogen) atoms. The van der Waals surface area contributed by atoms with Crippen molar-refractivity contribution in [1.29, 1.82) is 0 Å². The van der Waals surface area contributed by atoms with E-state index in [1.807, 2.05) is 24.0 Å². The first-order valence-electron chi connectivity index (χ1n) is 8.09. The second kappa shape index (κ2) is 5.64. The Morgan fingerprint density at radius 1 is 1.29 bits per heavy atom. The van der Waals surface area contributed by atoms with Crippen LogP contribution in [0.3, 0.4) is 0 Å². The van der Waals surface area contributed by atoms with Crippen LogP contribution >= 0.6 is 11.6 Å². The van der Waals surface area contributed by atoms with E-state index in [-0.39, 0.29) is 17.7 Å². The topological polar surface area (TPSA) is 49.4 Å². The lowest BCUT2D eigenvalue weighted by molar-refractivity contribution is -0.119. The molecule has 2 heterocycles. The zero-order valence-electron chi connectivity index (χ0n) is 13.3. The number of halogens is 1. The summed E-state index contributed by atoms with van der Waals surface area (Å²) in [7, 11) is 0. The van der Waals surface area contributed by atoms with E-state index >= 15 is 0 Å². The summed E-state index contributed by atoms with van der Waals surface area (Å²) in [5.41, 5.74) is 4.45. The lowest BCUT2D eigenvalue weighted by Crippen LogP contribution is -2.32. The fourth-order valence-corrected chi connectivity index (χ4v) is 3.79. The van der Waals surface area contributed by atoms with Crippen molar-refractivity contribution in [3.8, 4) is 0 Å². The van der Waals surface area contributed by atoms with Gasteiger partial charge < -0.3 is 10.2 Å². The first-order chi connectivity index (χ1) is 11.5. The molecule has 2 aliphatic rings. The maximum Gasteiger partial charge on any atom is 0.255 e. The van der Waals surface area contributed by atoms with Gasteiger partial charge in [-0.25, -0.2) is 0 Å². The van der Waals surface area contributed by atoms with Crippen LogP contribution in [-0.4, -0.2) is 18.4 Å². The molecule has 4 nitrogen and oxygen atoms in total. The molecular formula is C19H17ClN2O2. The molecular weight excluding hydrogens is 324 g/mol. The molecule has 0 fully saturated rings. The molecule has 0 aliphatic carbocycles. The van der Waals surface area contributed by atoms with E-state index in [1.54, 1.807) is 24.3 Å². The lowest BCUT2D eigenvalue weighted by Gasteiger charge is -2.26. The normalized spacial score (nSPS) is 18.5. The zero-order valence-corrected chi connectivity index (χ0v) is 14.1. The maximum atomic E-state index is 12.4. The summed E-state index contributed by atoms with van der Waals surface area (Å²) in [5, 5.41) is 3.47. The monoisotopic (exact) mass is 340 g/mol. The van der Waals surface area contributed by atoms with Crippen molar-refractivity contribution < 1.29 is 9.59 Å². The van der Waals surface area contributed by atoms with Gasteiger partial charge in [-0.3, -0.25) is 9.59 Å². The van der Waals surface area contributed by atoms with Crippen molar-refractivity contribution >= 4 is 34.8 Å². The number of benzene rings is 2. The Bertz CT molecular complexity index is 862. The standard InChI is InChI=1S/C19H17ClN2O2/c1-11-16-10-15(21-18(23)13-4-2-6-14(20)8-13)9-12-5-3-7-22(17(12)16)19(11)24/h2,4,6,8-11H,3,5,7H2,1H3,(H,21,23)/t11-/m0/s1. The van der Waals surface area contributed by atoms with Crippen molar-refractivity contribution in [3.63, 3.8) is 0 Å². The molecule has 2 aromatic rings. The Morgan fingerprint density at radius 2 is 2.12 bits per heavy atom. The molecule has 5 heteroatoms. The second-order valence-electron chi connectivity index (χ2n) is 6.35. The first kappa shape index (κ1) is 15.2. The molecule has 2 aliphatic heterocycles. The Hall–Kier alpha value is -2.33. The number of aryl methyl sites for hydroxylation is 1. The Morgan fingerprint density at radius 3 is 2.92 bits per heavy atom. The fourth-order valence-electron chi connectivity index (χ4n) is 3.60. The zero-order chi connectivity index (χ0) is 16.8. The minimum Gasteiger partial charge on any atom is -0.322 e. The highest BCUT2D eigenvalue weighted by molar-refractivity contribution is 6.31. The van der Waals surface area contributed by atoms with E-state index in [1.165, 1.54) is 0 Å². The van der Waals surface area contributed by atoms with Gasteiger partial charge in [0.15, 0.2) is 0 Å². The number of hydrogen-bond acceptors (Lipinski definition) is 2. The number of rotatable bonds is 2. The molecule has 0 bridgehead atoms. The number of nitrogens with one attached hydrogen (secondary N) is 1. The Labute approximate surface area is 145 Å². The third kappa shape index (κ3) is 2.38. The van der Waals surface area contributed by atoms with Gasteiger partial charge >= 0.3 is 0 Å². The number of carbonyl (C=O) groups excluding carboxylic acids is 2. The van der Waals surface area contributed by atoms with Crippen LogP contribution in [0.25, 0.3) is 0 Å². The van der Waals surface area contributed by atoms with E-state index in [9.17, 15) is 9.59 Å². The third-order valence-electron chi connectivity index (χ3n) is 4.76. The van der Waals surface area contributed by atoms with Crippen molar-refractivity contribution in [2.75, 3.05) is 16.8 Å². The van der Waals surface area contributed by atoms with Crippen LogP contribution in [-0.2, 0) is 11.2 Å². The lowest BCUT2D eigenvalue weighted by atomic mass is 9.96. The summed E-state index contributed by atoms with van der Waals surface area (Å²) in [4.78, 5) is 26.7. The summed E-state index contributed by atoms with van der Waals surface area (Å²) < 4.78 is 0. The molecule has 0 aromatic heterocycles. The van der Waals surface area contributed by atoms with Crippen LogP contribution < -0.4 is 10.2 Å². The van der Waals surface area contributed by atoms with E-state index in [2.05, 4.69) is 5.32 Å². The molecule has 4 rings (SSSR count). The van der Waals surface area contributed by atoms with Gasteiger partial charge in [0.2, 0.25) is 5.91 Å². The highest BCUT2D eigenvalue weighted by Crippen LogP contribution is 2.44. The van der Waals surface area contributed by atoms with Gasteiger partial charge in [0.05, 0.1) is 11.6 Å². The van der Waals surface area contributed by atoms with Crippen LogP contribution in [0.15, 0.2) is 36.4 Å². The fraction of sp³-hybridized carbons (Fsp3) is 0.263. The van der Waals surface area contributed by atoms with Crippen LogP contribution in [0.2, 0.25) is 5.02 Å². The predicted molar refractivity (Wildman–Crippen MR) is 94.9 cm³/mol. The van der Waals surface area contributed by atoms with Gasteiger partial charge in [0.1, 0.15) is 0 Å². The average molecular weight is 341 g/mol. The van der Waals surface area contributed by atoms with Gasteiger partial charge in [-0.1, -0.05) is 17.7 Å². The molecule has 2 amide bonds. The van der Waals surface area contributed by atoms with Crippen molar-refractivity contribution in [2.24, 2.45) is 0 Å². The van der Waals surface area contributed by atoms with Crippen molar-refractivity contribution in [2.45, 2.75) is 25.7 Å². The van der Waals surface area contributed by atoms with Crippen LogP contribution in [0.4, 0.5) is 11.4 Å². The molecule has 0 saturated carbocycles. The van der Waals surface area contributed by atoms with Gasteiger partial charge in [0.25, 0.3) is 5.91 Å². The molecule has 0 saturated heterocycles. The first-order valence-corrected chi connectivity index (χ1v) is 8.47. The Kier molecular flexibility index (Phi) is 3.57.